The molecule has 2 nitrogen and oxygen atoms in total. The second-order valence-corrected chi connectivity index (χ2v) is 3.38. The predicted octanol–water partition coefficient (Wildman–Crippen LogP) is 2.98. The molecule has 1 aromatic rings. The second kappa shape index (κ2) is 5.13. The monoisotopic (exact) mass is 194 g/mol. The first-order valence-corrected chi connectivity index (χ1v) is 4.90. The molecule has 0 fully saturated rings. The molecule has 0 aliphatic heterocycles. The summed E-state index contributed by atoms with van der Waals surface area (Å²) >= 11 is 0. The maximum absolute atomic E-state index is 5.49. The highest BCUT2D eigenvalue weighted by molar-refractivity contribution is 5.31. The van der Waals surface area contributed by atoms with Crippen LogP contribution < -0.4 is 0 Å². The van der Waals surface area contributed by atoms with Gasteiger partial charge in [0.05, 0.1) is 0 Å². The summed E-state index contributed by atoms with van der Waals surface area (Å²) in [5, 5.41) is 0. The van der Waals surface area contributed by atoms with Crippen LogP contribution in [0.4, 0.5) is 0 Å². The van der Waals surface area contributed by atoms with Crippen LogP contribution in [-0.4, -0.2) is 13.7 Å². The van der Waals surface area contributed by atoms with E-state index in [1.54, 1.807) is 7.11 Å². The third kappa shape index (κ3) is 2.56. The minimum Gasteiger partial charge on any atom is -0.352 e. The van der Waals surface area contributed by atoms with Crippen LogP contribution in [0.3, 0.4) is 0 Å². The number of hydrogen-bond donors (Lipinski definition) is 0. The molecule has 78 valence electrons. The van der Waals surface area contributed by atoms with E-state index in [-0.39, 0.29) is 6.29 Å². The Labute approximate surface area is 85.8 Å². The quantitative estimate of drug-likeness (QED) is 0.686. The lowest BCUT2D eigenvalue weighted by Crippen LogP contribution is -2.08. The van der Waals surface area contributed by atoms with Crippen molar-refractivity contribution in [1.82, 2.24) is 0 Å². The standard InChI is InChI=1S/C12H18O2/c1-5-14-12(13-4)11-8-9(2)6-7-10(11)3/h6-8,12H,5H2,1-4H3. The minimum absolute atomic E-state index is 0.236. The van der Waals surface area contributed by atoms with E-state index in [1.165, 1.54) is 11.1 Å². The summed E-state index contributed by atoms with van der Waals surface area (Å²) in [6.45, 7) is 6.77. The molecule has 0 bridgehead atoms. The summed E-state index contributed by atoms with van der Waals surface area (Å²) < 4.78 is 10.8. The van der Waals surface area contributed by atoms with E-state index in [2.05, 4.69) is 32.0 Å². The normalized spacial score (nSPS) is 12.9. The van der Waals surface area contributed by atoms with Crippen molar-refractivity contribution >= 4 is 0 Å². The number of benzene rings is 1. The zero-order chi connectivity index (χ0) is 10.6. The van der Waals surface area contributed by atoms with E-state index in [1.807, 2.05) is 6.92 Å². The Balaban J connectivity index is 2.96. The van der Waals surface area contributed by atoms with Gasteiger partial charge in [0.2, 0.25) is 0 Å². The summed E-state index contributed by atoms with van der Waals surface area (Å²) in [5.74, 6) is 0. The van der Waals surface area contributed by atoms with Gasteiger partial charge in [-0.3, -0.25) is 0 Å². The van der Waals surface area contributed by atoms with Crippen molar-refractivity contribution in [1.29, 1.82) is 0 Å². The van der Waals surface area contributed by atoms with Crippen LogP contribution in [-0.2, 0) is 9.47 Å². The van der Waals surface area contributed by atoms with E-state index in [4.69, 9.17) is 9.47 Å². The molecule has 2 heteroatoms. The fourth-order valence-corrected chi connectivity index (χ4v) is 1.45. The number of methoxy groups -OCH3 is 1. The Hall–Kier alpha value is -0.860. The molecule has 1 rings (SSSR count). The Morgan fingerprint density at radius 2 is 2.00 bits per heavy atom. The number of ether oxygens (including phenoxy) is 2. The SMILES string of the molecule is CCOC(OC)c1cc(C)ccc1C. The van der Waals surface area contributed by atoms with Crippen LogP contribution in [0.1, 0.15) is 29.9 Å². The average Bonchev–Trinajstić information content (AvgIpc) is 2.18. The Morgan fingerprint density at radius 3 is 2.57 bits per heavy atom. The zero-order valence-electron chi connectivity index (χ0n) is 9.33. The lowest BCUT2D eigenvalue weighted by Gasteiger charge is -2.18. The summed E-state index contributed by atoms with van der Waals surface area (Å²) in [7, 11) is 1.67. The van der Waals surface area contributed by atoms with E-state index in [9.17, 15) is 0 Å². The molecule has 0 saturated carbocycles. The molecule has 1 unspecified atom stereocenters. The van der Waals surface area contributed by atoms with Crippen molar-refractivity contribution in [2.45, 2.75) is 27.1 Å². The van der Waals surface area contributed by atoms with Crippen molar-refractivity contribution in [3.8, 4) is 0 Å². The van der Waals surface area contributed by atoms with Crippen molar-refractivity contribution in [2.75, 3.05) is 13.7 Å². The molecule has 0 aliphatic rings. The molecule has 14 heavy (non-hydrogen) atoms. The molecule has 1 atom stereocenters. The first-order valence-electron chi connectivity index (χ1n) is 4.90. The van der Waals surface area contributed by atoms with Gasteiger partial charge in [-0.25, -0.2) is 0 Å². The minimum atomic E-state index is -0.236. The van der Waals surface area contributed by atoms with E-state index in [0.29, 0.717) is 6.61 Å². The van der Waals surface area contributed by atoms with Gasteiger partial charge in [-0.2, -0.15) is 0 Å². The van der Waals surface area contributed by atoms with Crippen LogP contribution in [0.2, 0.25) is 0 Å². The predicted molar refractivity (Wildman–Crippen MR) is 57.3 cm³/mol. The molecular weight excluding hydrogens is 176 g/mol. The van der Waals surface area contributed by atoms with Crippen LogP contribution in [0.25, 0.3) is 0 Å². The van der Waals surface area contributed by atoms with Crippen molar-refractivity contribution < 1.29 is 9.47 Å². The molecular formula is C12H18O2. The largest absolute Gasteiger partial charge is 0.352 e. The van der Waals surface area contributed by atoms with Gasteiger partial charge in [0.25, 0.3) is 0 Å². The van der Waals surface area contributed by atoms with E-state index >= 15 is 0 Å². The molecule has 0 heterocycles. The Bertz CT molecular complexity index is 294. The molecule has 0 spiro atoms. The van der Waals surface area contributed by atoms with Crippen LogP contribution in [0.5, 0.6) is 0 Å². The first-order chi connectivity index (χ1) is 6.69. The molecule has 0 N–H and O–H groups in total. The zero-order valence-corrected chi connectivity index (χ0v) is 9.33. The Kier molecular flexibility index (Phi) is 4.11. The molecule has 1 aromatic carbocycles. The molecule has 0 radical (unpaired) electrons. The third-order valence-corrected chi connectivity index (χ3v) is 2.22. The molecule has 0 amide bonds. The molecule has 0 aromatic heterocycles. The van der Waals surface area contributed by atoms with Crippen molar-refractivity contribution in [2.24, 2.45) is 0 Å². The number of hydrogen-bond acceptors (Lipinski definition) is 2. The van der Waals surface area contributed by atoms with Gasteiger partial charge in [-0.15, -0.1) is 0 Å². The number of aryl methyl sites for hydroxylation is 2. The van der Waals surface area contributed by atoms with E-state index in [0.717, 1.165) is 5.56 Å². The van der Waals surface area contributed by atoms with Gasteiger partial charge in [0, 0.05) is 19.3 Å². The smallest absolute Gasteiger partial charge is 0.183 e. The van der Waals surface area contributed by atoms with Gasteiger partial charge in [-0.1, -0.05) is 23.8 Å². The summed E-state index contributed by atoms with van der Waals surface area (Å²) in [6.07, 6.45) is -0.236. The van der Waals surface area contributed by atoms with Crippen molar-refractivity contribution in [3.05, 3.63) is 34.9 Å². The number of rotatable bonds is 4. The van der Waals surface area contributed by atoms with Gasteiger partial charge in [0.15, 0.2) is 6.29 Å². The topological polar surface area (TPSA) is 18.5 Å². The van der Waals surface area contributed by atoms with Gasteiger partial charge < -0.3 is 9.47 Å². The van der Waals surface area contributed by atoms with Crippen LogP contribution in [0.15, 0.2) is 18.2 Å². The van der Waals surface area contributed by atoms with Gasteiger partial charge >= 0.3 is 0 Å². The van der Waals surface area contributed by atoms with Gasteiger partial charge in [-0.05, 0) is 26.3 Å². The summed E-state index contributed by atoms with van der Waals surface area (Å²) in [5.41, 5.74) is 3.55. The fourth-order valence-electron chi connectivity index (χ4n) is 1.45. The highest BCUT2D eigenvalue weighted by atomic mass is 16.7. The molecule has 0 aliphatic carbocycles. The lowest BCUT2D eigenvalue weighted by molar-refractivity contribution is -0.124. The highest BCUT2D eigenvalue weighted by Crippen LogP contribution is 2.22. The van der Waals surface area contributed by atoms with Crippen LogP contribution in [0, 0.1) is 13.8 Å². The summed E-state index contributed by atoms with van der Waals surface area (Å²) in [4.78, 5) is 0. The Morgan fingerprint density at radius 1 is 1.29 bits per heavy atom. The lowest BCUT2D eigenvalue weighted by atomic mass is 10.1. The fraction of sp³-hybridized carbons (Fsp3) is 0.500. The van der Waals surface area contributed by atoms with Crippen molar-refractivity contribution in [3.63, 3.8) is 0 Å². The van der Waals surface area contributed by atoms with Gasteiger partial charge in [0.1, 0.15) is 0 Å². The highest BCUT2D eigenvalue weighted by Gasteiger charge is 2.12. The first kappa shape index (κ1) is 11.2. The maximum atomic E-state index is 5.49. The second-order valence-electron chi connectivity index (χ2n) is 3.38. The maximum Gasteiger partial charge on any atom is 0.183 e. The average molecular weight is 194 g/mol. The summed E-state index contributed by atoms with van der Waals surface area (Å²) in [6, 6.07) is 6.30. The third-order valence-electron chi connectivity index (χ3n) is 2.22. The molecule has 0 saturated heterocycles. The van der Waals surface area contributed by atoms with Crippen LogP contribution >= 0.6 is 0 Å². The van der Waals surface area contributed by atoms with E-state index < -0.39 is 0 Å².